The number of halogens is 1. The zero-order valence-corrected chi connectivity index (χ0v) is 7.83. The summed E-state index contributed by atoms with van der Waals surface area (Å²) >= 11 is 0. The average Bonchev–Trinajstić information content (AvgIpc) is 2.72. The molecule has 0 aromatic heterocycles. The highest BCUT2D eigenvalue weighted by Gasteiger charge is 2.45. The van der Waals surface area contributed by atoms with Gasteiger partial charge in [-0.25, -0.2) is 0 Å². The third-order valence-electron chi connectivity index (χ3n) is 3.25. The summed E-state index contributed by atoms with van der Waals surface area (Å²) in [6.07, 6.45) is 9.75. The SMILES string of the molecule is Cl.NC1(C2CCCCC2)CC1. The molecule has 2 fully saturated rings. The first-order valence-corrected chi connectivity index (χ1v) is 4.60. The molecule has 0 unspecified atom stereocenters. The van der Waals surface area contributed by atoms with Crippen LogP contribution < -0.4 is 5.73 Å². The highest BCUT2D eigenvalue weighted by molar-refractivity contribution is 5.85. The summed E-state index contributed by atoms with van der Waals surface area (Å²) in [5.41, 5.74) is 6.44. The minimum absolute atomic E-state index is 0. The van der Waals surface area contributed by atoms with E-state index >= 15 is 0 Å². The third kappa shape index (κ3) is 1.88. The Balaban J connectivity index is 0.000000605. The molecule has 0 aromatic carbocycles. The molecule has 0 atom stereocenters. The van der Waals surface area contributed by atoms with Crippen molar-refractivity contribution in [2.45, 2.75) is 50.5 Å². The molecular formula is C9H18ClN. The van der Waals surface area contributed by atoms with Crippen LogP contribution in [0, 0.1) is 5.92 Å². The lowest BCUT2D eigenvalue weighted by molar-refractivity contribution is 0.291. The Bertz CT molecular complexity index is 126. The van der Waals surface area contributed by atoms with E-state index in [-0.39, 0.29) is 12.4 Å². The Hall–Kier alpha value is 0.250. The molecule has 0 heterocycles. The largest absolute Gasteiger partial charge is 0.325 e. The molecule has 2 aliphatic carbocycles. The standard InChI is InChI=1S/C9H17N.ClH/c10-9(6-7-9)8-4-2-1-3-5-8;/h8H,1-7,10H2;1H. The van der Waals surface area contributed by atoms with E-state index in [1.807, 2.05) is 0 Å². The first-order chi connectivity index (χ1) is 4.81. The van der Waals surface area contributed by atoms with Crippen LogP contribution >= 0.6 is 12.4 Å². The Kier molecular flexibility index (Phi) is 2.82. The second-order valence-corrected chi connectivity index (χ2v) is 4.07. The van der Waals surface area contributed by atoms with Crippen molar-refractivity contribution in [2.24, 2.45) is 11.7 Å². The van der Waals surface area contributed by atoms with Crippen LogP contribution in [-0.4, -0.2) is 5.54 Å². The Morgan fingerprint density at radius 3 is 2.00 bits per heavy atom. The van der Waals surface area contributed by atoms with E-state index in [2.05, 4.69) is 0 Å². The van der Waals surface area contributed by atoms with Gasteiger partial charge in [-0.2, -0.15) is 0 Å². The summed E-state index contributed by atoms with van der Waals surface area (Å²) in [6.45, 7) is 0. The van der Waals surface area contributed by atoms with E-state index in [4.69, 9.17) is 5.73 Å². The van der Waals surface area contributed by atoms with Gasteiger partial charge in [0.05, 0.1) is 0 Å². The van der Waals surface area contributed by atoms with E-state index in [0.717, 1.165) is 5.92 Å². The Morgan fingerprint density at radius 1 is 1.00 bits per heavy atom. The van der Waals surface area contributed by atoms with Crippen LogP contribution in [0.5, 0.6) is 0 Å². The van der Waals surface area contributed by atoms with Crippen LogP contribution in [0.3, 0.4) is 0 Å². The molecule has 0 radical (unpaired) electrons. The molecule has 0 amide bonds. The molecule has 1 nitrogen and oxygen atoms in total. The summed E-state index contributed by atoms with van der Waals surface area (Å²) in [5.74, 6) is 0.890. The van der Waals surface area contributed by atoms with Crippen molar-refractivity contribution in [3.63, 3.8) is 0 Å². The van der Waals surface area contributed by atoms with Crippen LogP contribution in [0.2, 0.25) is 0 Å². The van der Waals surface area contributed by atoms with E-state index in [0.29, 0.717) is 5.54 Å². The highest BCUT2D eigenvalue weighted by Crippen LogP contribution is 2.45. The van der Waals surface area contributed by atoms with Crippen LogP contribution in [0.4, 0.5) is 0 Å². The minimum Gasteiger partial charge on any atom is -0.325 e. The van der Waals surface area contributed by atoms with Gasteiger partial charge in [-0.05, 0) is 31.6 Å². The van der Waals surface area contributed by atoms with Gasteiger partial charge in [-0.15, -0.1) is 12.4 Å². The van der Waals surface area contributed by atoms with Crippen molar-refractivity contribution >= 4 is 12.4 Å². The van der Waals surface area contributed by atoms with Crippen molar-refractivity contribution in [3.8, 4) is 0 Å². The van der Waals surface area contributed by atoms with Crippen LogP contribution in [0.15, 0.2) is 0 Å². The minimum atomic E-state index is 0. The quantitative estimate of drug-likeness (QED) is 0.651. The number of rotatable bonds is 1. The topological polar surface area (TPSA) is 26.0 Å². The highest BCUT2D eigenvalue weighted by atomic mass is 35.5. The fourth-order valence-corrected chi connectivity index (χ4v) is 2.23. The predicted octanol–water partition coefficient (Wildman–Crippen LogP) is 2.48. The summed E-state index contributed by atoms with van der Waals surface area (Å²) in [5, 5.41) is 0. The van der Waals surface area contributed by atoms with Gasteiger partial charge in [0.2, 0.25) is 0 Å². The maximum Gasteiger partial charge on any atom is 0.0184 e. The van der Waals surface area contributed by atoms with Gasteiger partial charge in [-0.3, -0.25) is 0 Å². The number of nitrogens with two attached hydrogens (primary N) is 1. The van der Waals surface area contributed by atoms with Gasteiger partial charge in [0, 0.05) is 5.54 Å². The van der Waals surface area contributed by atoms with Gasteiger partial charge in [0.15, 0.2) is 0 Å². The number of hydrogen-bond donors (Lipinski definition) is 1. The van der Waals surface area contributed by atoms with E-state index < -0.39 is 0 Å². The van der Waals surface area contributed by atoms with Gasteiger partial charge in [0.1, 0.15) is 0 Å². The molecule has 66 valence electrons. The molecule has 0 saturated heterocycles. The first-order valence-electron chi connectivity index (χ1n) is 4.60. The third-order valence-corrected chi connectivity index (χ3v) is 3.25. The monoisotopic (exact) mass is 175 g/mol. The first kappa shape index (κ1) is 9.34. The molecule has 2 saturated carbocycles. The molecule has 0 aromatic rings. The number of hydrogen-bond acceptors (Lipinski definition) is 1. The molecule has 2 aliphatic rings. The van der Waals surface area contributed by atoms with E-state index in [1.165, 1.54) is 44.9 Å². The molecule has 0 spiro atoms. The summed E-state index contributed by atoms with van der Waals surface area (Å²) in [7, 11) is 0. The maximum absolute atomic E-state index is 6.12. The van der Waals surface area contributed by atoms with Gasteiger partial charge < -0.3 is 5.73 Å². The summed E-state index contributed by atoms with van der Waals surface area (Å²) in [4.78, 5) is 0. The zero-order valence-electron chi connectivity index (χ0n) is 7.01. The lowest BCUT2D eigenvalue weighted by atomic mass is 9.83. The normalized spacial score (nSPS) is 29.2. The Morgan fingerprint density at radius 2 is 1.55 bits per heavy atom. The second kappa shape index (κ2) is 3.32. The Labute approximate surface area is 75.1 Å². The molecular weight excluding hydrogens is 158 g/mol. The zero-order chi connectivity index (χ0) is 7.03. The summed E-state index contributed by atoms with van der Waals surface area (Å²) in [6, 6.07) is 0. The molecule has 0 aliphatic heterocycles. The summed E-state index contributed by atoms with van der Waals surface area (Å²) < 4.78 is 0. The molecule has 0 bridgehead atoms. The molecule has 2 N–H and O–H groups in total. The molecule has 2 heteroatoms. The molecule has 11 heavy (non-hydrogen) atoms. The van der Waals surface area contributed by atoms with Crippen molar-refractivity contribution in [2.75, 3.05) is 0 Å². The van der Waals surface area contributed by atoms with Crippen LogP contribution in [0.25, 0.3) is 0 Å². The average molecular weight is 176 g/mol. The van der Waals surface area contributed by atoms with Crippen molar-refractivity contribution < 1.29 is 0 Å². The van der Waals surface area contributed by atoms with E-state index in [9.17, 15) is 0 Å². The lowest BCUT2D eigenvalue weighted by Gasteiger charge is -2.27. The van der Waals surface area contributed by atoms with Crippen molar-refractivity contribution in [3.05, 3.63) is 0 Å². The predicted molar refractivity (Wildman–Crippen MR) is 50.0 cm³/mol. The fourth-order valence-electron chi connectivity index (χ4n) is 2.23. The van der Waals surface area contributed by atoms with Crippen molar-refractivity contribution in [1.29, 1.82) is 0 Å². The van der Waals surface area contributed by atoms with Crippen molar-refractivity contribution in [1.82, 2.24) is 0 Å². The van der Waals surface area contributed by atoms with Gasteiger partial charge in [-0.1, -0.05) is 19.3 Å². The van der Waals surface area contributed by atoms with Crippen LogP contribution in [-0.2, 0) is 0 Å². The smallest absolute Gasteiger partial charge is 0.0184 e. The van der Waals surface area contributed by atoms with E-state index in [1.54, 1.807) is 0 Å². The lowest BCUT2D eigenvalue weighted by Crippen LogP contribution is -2.33. The second-order valence-electron chi connectivity index (χ2n) is 4.07. The van der Waals surface area contributed by atoms with Gasteiger partial charge >= 0.3 is 0 Å². The maximum atomic E-state index is 6.12. The molecule has 2 rings (SSSR count). The fraction of sp³-hybridized carbons (Fsp3) is 1.00. The van der Waals surface area contributed by atoms with Crippen LogP contribution in [0.1, 0.15) is 44.9 Å². The van der Waals surface area contributed by atoms with Gasteiger partial charge in [0.25, 0.3) is 0 Å².